The molecule has 0 aliphatic rings. The van der Waals surface area contributed by atoms with Gasteiger partial charge in [0.05, 0.1) is 12.5 Å². The van der Waals surface area contributed by atoms with E-state index in [1.165, 1.54) is 6.07 Å². The van der Waals surface area contributed by atoms with E-state index < -0.39 is 0 Å². The lowest BCUT2D eigenvalue weighted by molar-refractivity contribution is 0.615. The molecule has 13 heavy (non-hydrogen) atoms. The van der Waals surface area contributed by atoms with Crippen LogP contribution in [0.4, 0.5) is 10.1 Å². The molecule has 0 unspecified atom stereocenters. The standard InChI is InChI=1S/C10H11FN2/c1-13(2)9-4-3-8(5-6-12)10(11)7-9/h3-4,7H,5H2,1-2H3. The SMILES string of the molecule is CN(C)c1ccc(CC#N)c(F)c1. The van der Waals surface area contributed by atoms with E-state index in [4.69, 9.17) is 5.26 Å². The first kappa shape index (κ1) is 9.53. The minimum absolute atomic E-state index is 0.125. The number of hydrogen-bond acceptors (Lipinski definition) is 2. The second-order valence-corrected chi connectivity index (χ2v) is 3.01. The highest BCUT2D eigenvalue weighted by atomic mass is 19.1. The number of hydrogen-bond donors (Lipinski definition) is 0. The summed E-state index contributed by atoms with van der Waals surface area (Å²) in [5.41, 5.74) is 1.26. The zero-order valence-corrected chi connectivity index (χ0v) is 7.71. The quantitative estimate of drug-likeness (QED) is 0.692. The number of nitrogens with zero attached hydrogens (tertiary/aromatic N) is 2. The van der Waals surface area contributed by atoms with Gasteiger partial charge in [-0.25, -0.2) is 4.39 Å². The Morgan fingerprint density at radius 1 is 1.46 bits per heavy atom. The van der Waals surface area contributed by atoms with E-state index in [0.29, 0.717) is 5.56 Å². The number of rotatable bonds is 2. The van der Waals surface area contributed by atoms with E-state index in [2.05, 4.69) is 0 Å². The summed E-state index contributed by atoms with van der Waals surface area (Å²) >= 11 is 0. The first-order valence-electron chi connectivity index (χ1n) is 3.98. The van der Waals surface area contributed by atoms with Crippen LogP contribution in [0, 0.1) is 17.1 Å². The Balaban J connectivity index is 3.00. The van der Waals surface area contributed by atoms with Gasteiger partial charge in [0, 0.05) is 25.3 Å². The molecule has 0 atom stereocenters. The van der Waals surface area contributed by atoms with E-state index in [9.17, 15) is 4.39 Å². The van der Waals surface area contributed by atoms with Crippen LogP contribution >= 0.6 is 0 Å². The molecule has 0 saturated carbocycles. The lowest BCUT2D eigenvalue weighted by Gasteiger charge is -2.12. The van der Waals surface area contributed by atoms with Crippen LogP contribution in [0.2, 0.25) is 0 Å². The Bertz CT molecular complexity index is 339. The van der Waals surface area contributed by atoms with Gasteiger partial charge < -0.3 is 4.90 Å². The number of halogens is 1. The minimum atomic E-state index is -0.312. The molecule has 0 fully saturated rings. The average Bonchev–Trinajstić information content (AvgIpc) is 2.08. The third-order valence-electron chi connectivity index (χ3n) is 1.82. The number of anilines is 1. The second kappa shape index (κ2) is 3.90. The van der Waals surface area contributed by atoms with Crippen molar-refractivity contribution < 1.29 is 4.39 Å². The lowest BCUT2D eigenvalue weighted by atomic mass is 10.1. The molecule has 2 nitrogen and oxygen atoms in total. The maximum Gasteiger partial charge on any atom is 0.129 e. The highest BCUT2D eigenvalue weighted by Gasteiger charge is 2.03. The van der Waals surface area contributed by atoms with Crippen LogP contribution in [-0.2, 0) is 6.42 Å². The molecule has 0 radical (unpaired) electrons. The van der Waals surface area contributed by atoms with Gasteiger partial charge in [-0.2, -0.15) is 5.26 Å². The molecule has 0 heterocycles. The predicted molar refractivity (Wildman–Crippen MR) is 50.0 cm³/mol. The van der Waals surface area contributed by atoms with Gasteiger partial charge in [-0.05, 0) is 12.1 Å². The minimum Gasteiger partial charge on any atom is -0.378 e. The molecule has 0 spiro atoms. The van der Waals surface area contributed by atoms with Gasteiger partial charge in [-0.1, -0.05) is 6.07 Å². The van der Waals surface area contributed by atoms with Crippen molar-refractivity contribution in [2.24, 2.45) is 0 Å². The maximum atomic E-state index is 13.2. The van der Waals surface area contributed by atoms with E-state index in [0.717, 1.165) is 5.69 Å². The van der Waals surface area contributed by atoms with Crippen molar-refractivity contribution in [1.29, 1.82) is 5.26 Å². The van der Waals surface area contributed by atoms with Crippen molar-refractivity contribution >= 4 is 5.69 Å². The fourth-order valence-electron chi connectivity index (χ4n) is 1.04. The fourth-order valence-corrected chi connectivity index (χ4v) is 1.04. The topological polar surface area (TPSA) is 27.0 Å². The van der Waals surface area contributed by atoms with Crippen molar-refractivity contribution in [3.8, 4) is 6.07 Å². The van der Waals surface area contributed by atoms with Crippen LogP contribution in [0.5, 0.6) is 0 Å². The summed E-state index contributed by atoms with van der Waals surface area (Å²) in [6.45, 7) is 0. The highest BCUT2D eigenvalue weighted by Crippen LogP contribution is 2.16. The van der Waals surface area contributed by atoms with Crippen molar-refractivity contribution in [1.82, 2.24) is 0 Å². The smallest absolute Gasteiger partial charge is 0.129 e. The molecule has 3 heteroatoms. The molecule has 0 aliphatic heterocycles. The molecule has 1 aromatic carbocycles. The predicted octanol–water partition coefficient (Wildman–Crippen LogP) is 1.96. The molecule has 0 amide bonds. The number of nitriles is 1. The molecule has 68 valence electrons. The van der Waals surface area contributed by atoms with E-state index >= 15 is 0 Å². The van der Waals surface area contributed by atoms with Gasteiger partial charge in [-0.3, -0.25) is 0 Å². The summed E-state index contributed by atoms with van der Waals surface area (Å²) in [7, 11) is 3.69. The van der Waals surface area contributed by atoms with E-state index in [-0.39, 0.29) is 12.2 Å². The van der Waals surface area contributed by atoms with Crippen LogP contribution in [0.15, 0.2) is 18.2 Å². The Labute approximate surface area is 77.2 Å². The van der Waals surface area contributed by atoms with Crippen molar-refractivity contribution in [2.45, 2.75) is 6.42 Å². The molecule has 0 bridgehead atoms. The molecule has 0 saturated heterocycles. The monoisotopic (exact) mass is 178 g/mol. The Morgan fingerprint density at radius 2 is 2.15 bits per heavy atom. The molecule has 0 aliphatic carbocycles. The summed E-state index contributed by atoms with van der Waals surface area (Å²) in [6, 6.07) is 6.81. The first-order valence-corrected chi connectivity index (χ1v) is 3.98. The molecule has 1 aromatic rings. The third kappa shape index (κ3) is 2.19. The van der Waals surface area contributed by atoms with Crippen molar-refractivity contribution in [3.05, 3.63) is 29.6 Å². The second-order valence-electron chi connectivity index (χ2n) is 3.01. The molecule has 1 rings (SSSR count). The van der Waals surface area contributed by atoms with E-state index in [1.54, 1.807) is 12.1 Å². The summed E-state index contributed by atoms with van der Waals surface area (Å²) in [6.07, 6.45) is 0.125. The zero-order chi connectivity index (χ0) is 9.84. The van der Waals surface area contributed by atoms with Gasteiger partial charge >= 0.3 is 0 Å². The highest BCUT2D eigenvalue weighted by molar-refractivity contribution is 5.47. The van der Waals surface area contributed by atoms with Crippen LogP contribution in [0.25, 0.3) is 0 Å². The van der Waals surface area contributed by atoms with Crippen molar-refractivity contribution in [3.63, 3.8) is 0 Å². The van der Waals surface area contributed by atoms with Crippen LogP contribution in [0.1, 0.15) is 5.56 Å². The third-order valence-corrected chi connectivity index (χ3v) is 1.82. The average molecular weight is 178 g/mol. The van der Waals surface area contributed by atoms with Crippen LogP contribution < -0.4 is 4.90 Å². The van der Waals surface area contributed by atoms with Gasteiger partial charge in [0.15, 0.2) is 0 Å². The summed E-state index contributed by atoms with van der Waals surface area (Å²) in [5, 5.41) is 8.40. The summed E-state index contributed by atoms with van der Waals surface area (Å²) in [5.74, 6) is -0.312. The van der Waals surface area contributed by atoms with Gasteiger partial charge in [0.25, 0.3) is 0 Å². The van der Waals surface area contributed by atoms with Crippen LogP contribution in [0.3, 0.4) is 0 Å². The zero-order valence-electron chi connectivity index (χ0n) is 7.71. The molecule has 0 aromatic heterocycles. The molecular formula is C10H11FN2. The summed E-state index contributed by atoms with van der Waals surface area (Å²) in [4.78, 5) is 1.82. The van der Waals surface area contributed by atoms with E-state index in [1.807, 2.05) is 25.1 Å². The van der Waals surface area contributed by atoms with Gasteiger partial charge in [-0.15, -0.1) is 0 Å². The number of benzene rings is 1. The lowest BCUT2D eigenvalue weighted by Crippen LogP contribution is -2.09. The van der Waals surface area contributed by atoms with Crippen molar-refractivity contribution in [2.75, 3.05) is 19.0 Å². The largest absolute Gasteiger partial charge is 0.378 e. The summed E-state index contributed by atoms with van der Waals surface area (Å²) < 4.78 is 13.2. The maximum absolute atomic E-state index is 13.2. The Morgan fingerprint density at radius 3 is 2.62 bits per heavy atom. The Kier molecular flexibility index (Phi) is 2.86. The van der Waals surface area contributed by atoms with Crippen LogP contribution in [-0.4, -0.2) is 14.1 Å². The van der Waals surface area contributed by atoms with Gasteiger partial charge in [0.2, 0.25) is 0 Å². The normalized spacial score (nSPS) is 9.38. The molecular weight excluding hydrogens is 167 g/mol. The van der Waals surface area contributed by atoms with Gasteiger partial charge in [0.1, 0.15) is 5.82 Å². The Hall–Kier alpha value is -1.56. The first-order chi connectivity index (χ1) is 6.15. The molecule has 0 N–H and O–H groups in total. The fraction of sp³-hybridized carbons (Fsp3) is 0.300.